The Morgan fingerprint density at radius 2 is 1.67 bits per heavy atom. The van der Waals surface area contributed by atoms with Gasteiger partial charge in [-0.15, -0.1) is 0 Å². The number of nitrogens with zero attached hydrogens (tertiary/aromatic N) is 1. The first-order valence-electron chi connectivity index (χ1n) is 15.0. The maximum atomic E-state index is 14.1. The molecule has 1 aromatic heterocycles. The van der Waals surface area contributed by atoms with Gasteiger partial charge >= 0.3 is 0 Å². The topological polar surface area (TPSA) is 136 Å². The minimum Gasteiger partial charge on any atom is -0.494 e. The summed E-state index contributed by atoms with van der Waals surface area (Å²) in [5.74, 6) is -0.255. The minimum absolute atomic E-state index is 0.0346. The number of carbonyl (C=O) groups is 3. The van der Waals surface area contributed by atoms with E-state index in [1.807, 2.05) is 6.92 Å². The largest absolute Gasteiger partial charge is 0.494 e. The van der Waals surface area contributed by atoms with E-state index in [1.165, 1.54) is 19.1 Å². The van der Waals surface area contributed by atoms with Crippen molar-refractivity contribution in [3.63, 3.8) is 0 Å². The van der Waals surface area contributed by atoms with Gasteiger partial charge in [-0.1, -0.05) is 19.3 Å². The van der Waals surface area contributed by atoms with Crippen LogP contribution < -0.4 is 29.7 Å². The lowest BCUT2D eigenvalue weighted by Gasteiger charge is -2.32. The zero-order valence-corrected chi connectivity index (χ0v) is 26.9. The van der Waals surface area contributed by atoms with E-state index in [4.69, 9.17) is 18.6 Å². The van der Waals surface area contributed by atoms with Crippen LogP contribution in [-0.2, 0) is 25.2 Å². The van der Waals surface area contributed by atoms with Crippen molar-refractivity contribution in [3.05, 3.63) is 66.1 Å². The summed E-state index contributed by atoms with van der Waals surface area (Å²) in [7, 11) is 1.06. The Kier molecular flexibility index (Phi) is 12.0. The average Bonchev–Trinajstić information content (AvgIpc) is 3.46. The fraction of sp³-hybridized carbons (Fsp3) is 0.424. The van der Waals surface area contributed by atoms with E-state index in [-0.39, 0.29) is 11.8 Å². The Morgan fingerprint density at radius 1 is 0.956 bits per heavy atom. The molecular formula is C33H41N3O8S. The minimum atomic E-state index is -1.90. The van der Waals surface area contributed by atoms with E-state index in [2.05, 4.69) is 10.6 Å². The first-order valence-corrected chi connectivity index (χ1v) is 16.5. The first-order chi connectivity index (χ1) is 21.7. The highest BCUT2D eigenvalue weighted by atomic mass is 32.2. The predicted octanol–water partition coefficient (Wildman–Crippen LogP) is 4.91. The highest BCUT2D eigenvalue weighted by Crippen LogP contribution is 2.36. The SMILES string of the molecule is CCOc1ccc(NC(=O)C[S@](=O)CC(=O)N(c2ccc(OC)c(OC)c2)[C@@H](C(=O)NC2CCCCC2)c2ccc(C)o2)cc1. The Bertz CT molecular complexity index is 1480. The van der Waals surface area contributed by atoms with Gasteiger partial charge in [0.1, 0.15) is 28.8 Å². The van der Waals surface area contributed by atoms with Crippen molar-refractivity contribution in [3.8, 4) is 17.2 Å². The highest BCUT2D eigenvalue weighted by Gasteiger charge is 2.37. The third-order valence-electron chi connectivity index (χ3n) is 7.43. The van der Waals surface area contributed by atoms with Gasteiger partial charge in [0.25, 0.3) is 5.91 Å². The Labute approximate surface area is 266 Å². The van der Waals surface area contributed by atoms with E-state index in [0.29, 0.717) is 41.0 Å². The second-order valence-corrected chi connectivity index (χ2v) is 12.2. The van der Waals surface area contributed by atoms with E-state index in [9.17, 15) is 18.6 Å². The van der Waals surface area contributed by atoms with Gasteiger partial charge in [-0.3, -0.25) is 23.5 Å². The number of carbonyl (C=O) groups excluding carboxylic acids is 3. The number of amides is 3. The van der Waals surface area contributed by atoms with Crippen LogP contribution in [-0.4, -0.2) is 60.3 Å². The number of methoxy groups -OCH3 is 2. The van der Waals surface area contributed by atoms with Crippen molar-refractivity contribution < 1.29 is 37.2 Å². The lowest BCUT2D eigenvalue weighted by atomic mass is 9.95. The molecule has 0 aliphatic heterocycles. The molecular weight excluding hydrogens is 598 g/mol. The van der Waals surface area contributed by atoms with Gasteiger partial charge in [0.15, 0.2) is 17.5 Å². The molecule has 45 heavy (non-hydrogen) atoms. The van der Waals surface area contributed by atoms with Crippen LogP contribution in [0.4, 0.5) is 11.4 Å². The van der Waals surface area contributed by atoms with Crippen molar-refractivity contribution in [2.75, 3.05) is 42.5 Å². The van der Waals surface area contributed by atoms with Crippen molar-refractivity contribution >= 4 is 39.9 Å². The number of hydrogen-bond donors (Lipinski definition) is 2. The molecule has 1 fully saturated rings. The van der Waals surface area contributed by atoms with Gasteiger partial charge < -0.3 is 29.3 Å². The summed E-state index contributed by atoms with van der Waals surface area (Å²) in [5, 5.41) is 5.81. The Balaban J connectivity index is 1.60. The summed E-state index contributed by atoms with van der Waals surface area (Å²) >= 11 is 0. The van der Waals surface area contributed by atoms with Gasteiger partial charge in [-0.25, -0.2) is 0 Å². The predicted molar refractivity (Wildman–Crippen MR) is 172 cm³/mol. The maximum absolute atomic E-state index is 14.1. The molecule has 2 N–H and O–H groups in total. The molecule has 2 aromatic carbocycles. The van der Waals surface area contributed by atoms with E-state index in [1.54, 1.807) is 61.5 Å². The summed E-state index contributed by atoms with van der Waals surface area (Å²) in [4.78, 5) is 42.0. The van der Waals surface area contributed by atoms with Gasteiger partial charge in [0, 0.05) is 34.3 Å². The van der Waals surface area contributed by atoms with E-state index in [0.717, 1.165) is 32.1 Å². The molecule has 1 aliphatic carbocycles. The Hall–Kier alpha value is -4.32. The van der Waals surface area contributed by atoms with Gasteiger partial charge in [-0.05, 0) is 75.2 Å². The fourth-order valence-corrected chi connectivity index (χ4v) is 6.20. The lowest BCUT2D eigenvalue weighted by Crippen LogP contribution is -2.48. The summed E-state index contributed by atoms with van der Waals surface area (Å²) in [6.45, 7) is 4.14. The third-order valence-corrected chi connectivity index (χ3v) is 8.58. The smallest absolute Gasteiger partial charge is 0.251 e. The number of aryl methyl sites for hydroxylation is 1. The number of benzene rings is 2. The van der Waals surface area contributed by atoms with Crippen LogP contribution in [0.3, 0.4) is 0 Å². The zero-order valence-electron chi connectivity index (χ0n) is 26.1. The van der Waals surface area contributed by atoms with Gasteiger partial charge in [0.05, 0.1) is 20.8 Å². The average molecular weight is 640 g/mol. The van der Waals surface area contributed by atoms with Crippen LogP contribution in [0.1, 0.15) is 56.6 Å². The fourth-order valence-electron chi connectivity index (χ4n) is 5.32. The molecule has 0 unspecified atom stereocenters. The lowest BCUT2D eigenvalue weighted by molar-refractivity contribution is -0.127. The van der Waals surface area contributed by atoms with Crippen LogP contribution in [0.15, 0.2) is 59.0 Å². The molecule has 3 aromatic rings. The molecule has 0 bridgehead atoms. The molecule has 0 saturated heterocycles. The summed E-state index contributed by atoms with van der Waals surface area (Å²) < 4.78 is 35.4. The van der Waals surface area contributed by atoms with Crippen LogP contribution in [0.25, 0.3) is 0 Å². The highest BCUT2D eigenvalue weighted by molar-refractivity contribution is 7.86. The first kappa shape index (κ1) is 33.6. The molecule has 2 atom stereocenters. The zero-order chi connectivity index (χ0) is 32.3. The number of furan rings is 1. The molecule has 4 rings (SSSR count). The number of hydrogen-bond acceptors (Lipinski definition) is 8. The maximum Gasteiger partial charge on any atom is 0.251 e. The van der Waals surface area contributed by atoms with Crippen molar-refractivity contribution in [2.45, 2.75) is 58.0 Å². The van der Waals surface area contributed by atoms with Gasteiger partial charge in [0.2, 0.25) is 11.8 Å². The second kappa shape index (κ2) is 16.1. The third kappa shape index (κ3) is 9.10. The standard InChI is InChI=1S/C33H41N3O8S/c1-5-43-26-15-12-24(13-16-26)34-30(37)20-45(40)21-31(38)36(25-14-18-27(41-3)29(19-25)42-4)32(28-17-11-22(2)44-28)33(39)35-23-9-7-6-8-10-23/h11-19,23,32H,5-10,20-21H2,1-4H3,(H,34,37)(H,35,39)/t32-,45+/m1/s1. The number of rotatable bonds is 14. The normalized spacial score (nSPS) is 14.6. The van der Waals surface area contributed by atoms with Crippen molar-refractivity contribution in [1.29, 1.82) is 0 Å². The van der Waals surface area contributed by atoms with Crippen LogP contribution in [0, 0.1) is 6.92 Å². The molecule has 11 nitrogen and oxygen atoms in total. The molecule has 0 radical (unpaired) electrons. The van der Waals surface area contributed by atoms with Crippen molar-refractivity contribution in [1.82, 2.24) is 5.32 Å². The molecule has 12 heteroatoms. The summed E-state index contributed by atoms with van der Waals surface area (Å²) in [6.07, 6.45) is 4.80. The van der Waals surface area contributed by atoms with Crippen LogP contribution in [0.2, 0.25) is 0 Å². The molecule has 0 spiro atoms. The molecule has 1 aliphatic rings. The molecule has 3 amide bonds. The van der Waals surface area contributed by atoms with Crippen molar-refractivity contribution in [2.24, 2.45) is 0 Å². The number of nitrogens with one attached hydrogen (secondary N) is 2. The number of ether oxygens (including phenoxy) is 3. The molecule has 242 valence electrons. The summed E-state index contributed by atoms with van der Waals surface area (Å²) in [5.41, 5.74) is 0.817. The second-order valence-electron chi connectivity index (χ2n) is 10.7. The monoisotopic (exact) mass is 639 g/mol. The van der Waals surface area contributed by atoms with Gasteiger partial charge in [-0.2, -0.15) is 0 Å². The number of anilines is 2. The van der Waals surface area contributed by atoms with Crippen LogP contribution >= 0.6 is 0 Å². The molecule has 1 saturated carbocycles. The van der Waals surface area contributed by atoms with Crippen LogP contribution in [0.5, 0.6) is 17.2 Å². The summed E-state index contributed by atoms with van der Waals surface area (Å²) in [6, 6.07) is 13.7. The molecule has 1 heterocycles. The quantitative estimate of drug-likeness (QED) is 0.254. The van der Waals surface area contributed by atoms with E-state index >= 15 is 0 Å². The Morgan fingerprint density at radius 3 is 2.29 bits per heavy atom. The van der Waals surface area contributed by atoms with E-state index < -0.39 is 46.1 Å².